The maximum atomic E-state index is 9.71. The number of benzene rings is 1. The summed E-state index contributed by atoms with van der Waals surface area (Å²) in [4.78, 5) is 1.99. The molecule has 2 N–H and O–H groups in total. The molecule has 1 aromatic rings. The minimum absolute atomic E-state index is 0.310. The van der Waals surface area contributed by atoms with E-state index in [0.29, 0.717) is 19.0 Å². The fraction of sp³-hybridized carbons (Fsp3) is 0.600. The van der Waals surface area contributed by atoms with Crippen molar-refractivity contribution < 1.29 is 5.11 Å². The van der Waals surface area contributed by atoms with Gasteiger partial charge in [-0.1, -0.05) is 38.1 Å². The predicted octanol–water partition coefficient (Wildman–Crippen LogP) is 1.82. The van der Waals surface area contributed by atoms with Crippen molar-refractivity contribution in [1.29, 1.82) is 0 Å². The first kappa shape index (κ1) is 15.2. The van der Waals surface area contributed by atoms with Gasteiger partial charge in [-0.15, -0.1) is 0 Å². The zero-order valence-corrected chi connectivity index (χ0v) is 12.0. The molecule has 0 radical (unpaired) electrons. The van der Waals surface area contributed by atoms with E-state index in [-0.39, 0.29) is 6.10 Å². The van der Waals surface area contributed by atoms with E-state index in [0.717, 1.165) is 6.54 Å². The fourth-order valence-corrected chi connectivity index (χ4v) is 1.89. The highest BCUT2D eigenvalue weighted by Crippen LogP contribution is 2.14. The van der Waals surface area contributed by atoms with Gasteiger partial charge in [0.1, 0.15) is 0 Å². The summed E-state index contributed by atoms with van der Waals surface area (Å²) >= 11 is 0. The summed E-state index contributed by atoms with van der Waals surface area (Å²) in [7, 11) is 3.93. The minimum atomic E-state index is -0.310. The van der Waals surface area contributed by atoms with E-state index in [4.69, 9.17) is 0 Å². The van der Waals surface area contributed by atoms with Crippen molar-refractivity contribution in [3.63, 3.8) is 0 Å². The van der Waals surface area contributed by atoms with Crippen LogP contribution in [0.4, 0.5) is 0 Å². The van der Waals surface area contributed by atoms with Gasteiger partial charge in [-0.3, -0.25) is 0 Å². The molecule has 18 heavy (non-hydrogen) atoms. The molecule has 0 bridgehead atoms. The predicted molar refractivity (Wildman–Crippen MR) is 76.8 cm³/mol. The second-order valence-electron chi connectivity index (χ2n) is 5.44. The first-order valence-electron chi connectivity index (χ1n) is 6.61. The van der Waals surface area contributed by atoms with Crippen LogP contribution >= 0.6 is 0 Å². The molecule has 1 unspecified atom stereocenters. The summed E-state index contributed by atoms with van der Waals surface area (Å²) < 4.78 is 0. The number of hydrogen-bond donors (Lipinski definition) is 2. The van der Waals surface area contributed by atoms with E-state index < -0.39 is 0 Å². The Hall–Kier alpha value is -0.900. The van der Waals surface area contributed by atoms with E-state index in [1.807, 2.05) is 19.0 Å². The van der Waals surface area contributed by atoms with Gasteiger partial charge < -0.3 is 15.3 Å². The molecular weight excluding hydrogens is 224 g/mol. The maximum Gasteiger partial charge on any atom is 0.0791 e. The van der Waals surface area contributed by atoms with E-state index in [2.05, 4.69) is 43.4 Å². The largest absolute Gasteiger partial charge is 0.390 e. The molecule has 0 heterocycles. The van der Waals surface area contributed by atoms with Crippen LogP contribution in [0.5, 0.6) is 0 Å². The molecule has 0 saturated carbocycles. The third-order valence-corrected chi connectivity index (χ3v) is 2.93. The first-order chi connectivity index (χ1) is 8.49. The van der Waals surface area contributed by atoms with Gasteiger partial charge in [0.05, 0.1) is 6.10 Å². The van der Waals surface area contributed by atoms with Crippen LogP contribution in [-0.2, 0) is 6.54 Å². The lowest BCUT2D eigenvalue weighted by Crippen LogP contribution is -2.34. The molecular formula is C15H26N2O. The van der Waals surface area contributed by atoms with Crippen LogP contribution in [0, 0.1) is 0 Å². The van der Waals surface area contributed by atoms with Crippen LogP contribution in [0.3, 0.4) is 0 Å². The first-order valence-corrected chi connectivity index (χ1v) is 6.61. The Balaban J connectivity index is 2.31. The Labute approximate surface area is 111 Å². The molecule has 0 aliphatic heterocycles. The highest BCUT2D eigenvalue weighted by molar-refractivity contribution is 5.24. The van der Waals surface area contributed by atoms with Gasteiger partial charge in [0.25, 0.3) is 0 Å². The number of aliphatic hydroxyl groups is 1. The van der Waals surface area contributed by atoms with Crippen molar-refractivity contribution in [1.82, 2.24) is 10.2 Å². The van der Waals surface area contributed by atoms with Crippen molar-refractivity contribution >= 4 is 0 Å². The van der Waals surface area contributed by atoms with Gasteiger partial charge in [0, 0.05) is 19.6 Å². The topological polar surface area (TPSA) is 35.5 Å². The monoisotopic (exact) mass is 250 g/mol. The summed E-state index contributed by atoms with van der Waals surface area (Å²) in [5.41, 5.74) is 2.63. The number of hydrogen-bond acceptors (Lipinski definition) is 3. The number of rotatable bonds is 7. The summed E-state index contributed by atoms with van der Waals surface area (Å²) in [5.74, 6) is 0.578. The van der Waals surface area contributed by atoms with Gasteiger partial charge in [-0.05, 0) is 31.1 Å². The van der Waals surface area contributed by atoms with E-state index in [1.165, 1.54) is 11.1 Å². The quantitative estimate of drug-likeness (QED) is 0.775. The highest BCUT2D eigenvalue weighted by atomic mass is 16.3. The molecule has 3 nitrogen and oxygen atoms in total. The molecule has 102 valence electrons. The van der Waals surface area contributed by atoms with Crippen molar-refractivity contribution in [3.05, 3.63) is 35.4 Å². The number of likely N-dealkylation sites (N-methyl/N-ethyl adjacent to an activating group) is 1. The second kappa shape index (κ2) is 7.52. The molecule has 0 spiro atoms. The van der Waals surface area contributed by atoms with Crippen molar-refractivity contribution in [2.75, 3.05) is 27.2 Å². The standard InChI is InChI=1S/C15H26N2O/c1-12(2)14-7-5-13(6-8-14)9-16-10-15(18)11-17(3)4/h5-8,12,15-16,18H,9-11H2,1-4H3. The highest BCUT2D eigenvalue weighted by Gasteiger charge is 2.04. The third-order valence-electron chi connectivity index (χ3n) is 2.93. The van der Waals surface area contributed by atoms with Crippen LogP contribution in [0.15, 0.2) is 24.3 Å². The Morgan fingerprint density at radius 2 is 1.78 bits per heavy atom. The van der Waals surface area contributed by atoms with E-state index in [1.54, 1.807) is 0 Å². The van der Waals surface area contributed by atoms with Crippen LogP contribution in [0.25, 0.3) is 0 Å². The van der Waals surface area contributed by atoms with Gasteiger partial charge in [0.2, 0.25) is 0 Å². The Kier molecular flexibility index (Phi) is 6.33. The Morgan fingerprint density at radius 1 is 1.17 bits per heavy atom. The molecule has 3 heteroatoms. The van der Waals surface area contributed by atoms with Crippen LogP contribution in [0.2, 0.25) is 0 Å². The molecule has 0 aromatic heterocycles. The van der Waals surface area contributed by atoms with Crippen molar-refractivity contribution in [2.24, 2.45) is 0 Å². The zero-order chi connectivity index (χ0) is 13.5. The average Bonchev–Trinajstić information content (AvgIpc) is 2.28. The van der Waals surface area contributed by atoms with E-state index in [9.17, 15) is 5.11 Å². The average molecular weight is 250 g/mol. The molecule has 1 aromatic carbocycles. The minimum Gasteiger partial charge on any atom is -0.390 e. The summed E-state index contributed by atoms with van der Waals surface area (Å²) in [6.45, 7) is 6.53. The summed E-state index contributed by atoms with van der Waals surface area (Å²) in [6, 6.07) is 8.66. The fourth-order valence-electron chi connectivity index (χ4n) is 1.89. The molecule has 0 aliphatic carbocycles. The summed E-state index contributed by atoms with van der Waals surface area (Å²) in [5, 5.41) is 13.0. The Bertz CT molecular complexity index is 333. The lowest BCUT2D eigenvalue weighted by molar-refractivity contribution is 0.134. The Morgan fingerprint density at radius 3 is 2.28 bits per heavy atom. The third kappa shape index (κ3) is 5.63. The molecule has 0 amide bonds. The maximum absolute atomic E-state index is 9.71. The number of nitrogens with one attached hydrogen (secondary N) is 1. The van der Waals surface area contributed by atoms with E-state index >= 15 is 0 Å². The lowest BCUT2D eigenvalue weighted by atomic mass is 10.0. The lowest BCUT2D eigenvalue weighted by Gasteiger charge is -2.16. The van der Waals surface area contributed by atoms with Crippen LogP contribution in [0.1, 0.15) is 30.9 Å². The summed E-state index contributed by atoms with van der Waals surface area (Å²) in [6.07, 6.45) is -0.310. The van der Waals surface area contributed by atoms with Gasteiger partial charge in [-0.2, -0.15) is 0 Å². The van der Waals surface area contributed by atoms with Crippen LogP contribution in [-0.4, -0.2) is 43.3 Å². The van der Waals surface area contributed by atoms with Gasteiger partial charge in [-0.25, -0.2) is 0 Å². The zero-order valence-electron chi connectivity index (χ0n) is 12.0. The molecule has 1 atom stereocenters. The SMILES string of the molecule is CC(C)c1ccc(CNCC(O)CN(C)C)cc1. The van der Waals surface area contributed by atoms with Crippen molar-refractivity contribution in [2.45, 2.75) is 32.4 Å². The molecule has 0 aliphatic rings. The van der Waals surface area contributed by atoms with Crippen LogP contribution < -0.4 is 5.32 Å². The number of aliphatic hydroxyl groups excluding tert-OH is 1. The van der Waals surface area contributed by atoms with Crippen molar-refractivity contribution in [3.8, 4) is 0 Å². The smallest absolute Gasteiger partial charge is 0.0791 e. The number of nitrogens with zero attached hydrogens (tertiary/aromatic N) is 1. The molecule has 0 saturated heterocycles. The van der Waals surface area contributed by atoms with Gasteiger partial charge >= 0.3 is 0 Å². The molecule has 1 rings (SSSR count). The van der Waals surface area contributed by atoms with Gasteiger partial charge in [0.15, 0.2) is 0 Å². The molecule has 0 fully saturated rings. The second-order valence-corrected chi connectivity index (χ2v) is 5.44. The normalized spacial score (nSPS) is 13.3.